The third kappa shape index (κ3) is 1.70. The molecule has 0 bridgehead atoms. The molecule has 0 unspecified atom stereocenters. The van der Waals surface area contributed by atoms with Crippen LogP contribution in [0.2, 0.25) is 0 Å². The summed E-state index contributed by atoms with van der Waals surface area (Å²) in [5.74, 6) is -7.72. The third-order valence-corrected chi connectivity index (χ3v) is 6.90. The van der Waals surface area contributed by atoms with Crippen molar-refractivity contribution < 1.29 is 44.7 Å². The lowest BCUT2D eigenvalue weighted by atomic mass is 9.56. The van der Waals surface area contributed by atoms with Crippen LogP contribution in [0.4, 0.5) is 0 Å². The fourth-order valence-electron chi connectivity index (χ4n) is 5.33. The summed E-state index contributed by atoms with van der Waals surface area (Å²) in [5.41, 5.74) is -1.67. The Bertz CT molecular complexity index is 1170. The van der Waals surface area contributed by atoms with Gasteiger partial charge in [0.15, 0.2) is 5.60 Å². The van der Waals surface area contributed by atoms with E-state index in [1.165, 1.54) is 12.1 Å². The monoisotopic (exact) mass is 415 g/mol. The number of aliphatic hydroxyl groups is 4. The first-order valence-electron chi connectivity index (χ1n) is 9.13. The molecule has 4 aliphatic rings. The molecule has 1 aromatic carbocycles. The number of primary amides is 1. The number of hydrogen-bond donors (Lipinski definition) is 6. The van der Waals surface area contributed by atoms with E-state index in [0.29, 0.717) is 5.56 Å². The maximum absolute atomic E-state index is 13.5. The van der Waals surface area contributed by atoms with Gasteiger partial charge in [0.25, 0.3) is 5.91 Å². The minimum absolute atomic E-state index is 0.0652. The number of benzene rings is 1. The number of fused-ring (bicyclic) bond motifs is 3. The maximum Gasteiger partial charge on any atom is 0.255 e. The minimum atomic E-state index is -2.89. The number of aliphatic hydroxyl groups excluding tert-OH is 3. The predicted molar refractivity (Wildman–Crippen MR) is 96.8 cm³/mol. The highest BCUT2D eigenvalue weighted by atomic mass is 16.6. The third-order valence-electron chi connectivity index (χ3n) is 6.90. The van der Waals surface area contributed by atoms with Crippen molar-refractivity contribution in [1.82, 2.24) is 0 Å². The quantitative estimate of drug-likeness (QED) is 0.252. The van der Waals surface area contributed by atoms with Crippen LogP contribution in [0.5, 0.6) is 5.75 Å². The molecule has 1 saturated carbocycles. The van der Waals surface area contributed by atoms with Gasteiger partial charge in [-0.3, -0.25) is 14.4 Å². The molecule has 2 fully saturated rings. The van der Waals surface area contributed by atoms with E-state index in [9.17, 15) is 39.9 Å². The summed E-state index contributed by atoms with van der Waals surface area (Å²) in [4.78, 5) is 37.5. The van der Waals surface area contributed by atoms with Crippen LogP contribution in [-0.2, 0) is 24.7 Å². The Morgan fingerprint density at radius 3 is 2.53 bits per heavy atom. The molecule has 1 spiro atoms. The van der Waals surface area contributed by atoms with Crippen LogP contribution in [0, 0.1) is 5.92 Å². The van der Waals surface area contributed by atoms with E-state index in [1.54, 1.807) is 13.0 Å². The van der Waals surface area contributed by atoms with Crippen LogP contribution in [-0.4, -0.2) is 60.3 Å². The Morgan fingerprint density at radius 2 is 1.90 bits per heavy atom. The summed E-state index contributed by atoms with van der Waals surface area (Å²) in [6.45, 7) is 1.61. The van der Waals surface area contributed by atoms with Crippen molar-refractivity contribution in [3.05, 3.63) is 46.2 Å². The molecule has 1 aromatic rings. The van der Waals surface area contributed by atoms with Gasteiger partial charge in [0, 0.05) is 11.5 Å². The van der Waals surface area contributed by atoms with E-state index in [2.05, 4.69) is 0 Å². The zero-order chi connectivity index (χ0) is 22.0. The van der Waals surface area contributed by atoms with Crippen molar-refractivity contribution in [2.24, 2.45) is 11.7 Å². The fraction of sp³-hybridized carbons (Fsp3) is 0.350. The second-order valence-corrected chi connectivity index (χ2v) is 8.19. The molecule has 7 N–H and O–H groups in total. The van der Waals surface area contributed by atoms with Crippen LogP contribution >= 0.6 is 0 Å². The number of epoxide rings is 1. The Morgan fingerprint density at radius 1 is 1.23 bits per heavy atom. The second kappa shape index (κ2) is 5.09. The first-order valence-corrected chi connectivity index (χ1v) is 9.13. The van der Waals surface area contributed by atoms with Gasteiger partial charge < -0.3 is 36.0 Å². The van der Waals surface area contributed by atoms with Gasteiger partial charge in [0.1, 0.15) is 40.1 Å². The Kier molecular flexibility index (Phi) is 3.19. The van der Waals surface area contributed by atoms with Crippen LogP contribution in [0.25, 0.3) is 5.76 Å². The van der Waals surface area contributed by atoms with Crippen molar-refractivity contribution in [3.63, 3.8) is 0 Å². The van der Waals surface area contributed by atoms with Gasteiger partial charge in [0.2, 0.25) is 11.6 Å². The lowest BCUT2D eigenvalue weighted by Crippen LogP contribution is -2.65. The summed E-state index contributed by atoms with van der Waals surface area (Å²) in [6, 6.07) is 4.42. The minimum Gasteiger partial charge on any atom is -0.508 e. The van der Waals surface area contributed by atoms with E-state index < -0.39 is 69.0 Å². The van der Waals surface area contributed by atoms with Crippen molar-refractivity contribution in [1.29, 1.82) is 0 Å². The lowest BCUT2D eigenvalue weighted by Gasteiger charge is -2.47. The topological polar surface area (TPSA) is 191 Å². The number of amides is 1. The zero-order valence-electron chi connectivity index (χ0n) is 15.5. The molecule has 10 nitrogen and oxygen atoms in total. The van der Waals surface area contributed by atoms with E-state index >= 15 is 0 Å². The maximum atomic E-state index is 13.5. The summed E-state index contributed by atoms with van der Waals surface area (Å²) in [6.07, 6.45) is -2.35. The van der Waals surface area contributed by atoms with Crippen molar-refractivity contribution in [3.8, 4) is 5.75 Å². The molecular weight excluding hydrogens is 398 g/mol. The summed E-state index contributed by atoms with van der Waals surface area (Å²) >= 11 is 0. The van der Waals surface area contributed by atoms with E-state index in [1.807, 2.05) is 0 Å². The molecule has 5 rings (SSSR count). The first kappa shape index (κ1) is 18.8. The van der Waals surface area contributed by atoms with Gasteiger partial charge in [-0.2, -0.15) is 0 Å². The normalized spacial score (nSPS) is 39.2. The average Bonchev–Trinajstić information content (AvgIpc) is 3.28. The number of phenols is 1. The van der Waals surface area contributed by atoms with E-state index in [-0.39, 0.29) is 17.7 Å². The molecule has 30 heavy (non-hydrogen) atoms. The molecule has 156 valence electrons. The molecule has 1 saturated heterocycles. The zero-order valence-corrected chi connectivity index (χ0v) is 15.5. The molecule has 0 aromatic heterocycles. The molecule has 1 heterocycles. The summed E-state index contributed by atoms with van der Waals surface area (Å²) in [7, 11) is 0. The smallest absolute Gasteiger partial charge is 0.255 e. The summed E-state index contributed by atoms with van der Waals surface area (Å²) in [5, 5.41) is 53.4. The lowest BCUT2D eigenvalue weighted by molar-refractivity contribution is -0.160. The van der Waals surface area contributed by atoms with Crippen molar-refractivity contribution >= 4 is 23.2 Å². The average molecular weight is 415 g/mol. The van der Waals surface area contributed by atoms with Crippen molar-refractivity contribution in [2.45, 2.75) is 36.3 Å². The van der Waals surface area contributed by atoms with E-state index in [0.717, 1.165) is 0 Å². The first-order chi connectivity index (χ1) is 13.9. The van der Waals surface area contributed by atoms with Crippen LogP contribution in [0.15, 0.2) is 35.1 Å². The number of aromatic hydroxyl groups is 1. The van der Waals surface area contributed by atoms with Gasteiger partial charge >= 0.3 is 0 Å². The van der Waals surface area contributed by atoms with Gasteiger partial charge in [-0.1, -0.05) is 12.1 Å². The fourth-order valence-corrected chi connectivity index (χ4v) is 5.33. The standard InChI is InChI=1S/C20H17NO9/c1-18-6-3-2-4-8(22)9(6)13(24)11-16(27)20(29)7(5-19(11,18)30-18)12(23)14(25)10(15(20)26)17(21)28/h2-4,7,12,22-24,26,29H,5H2,1H3,(H2,21,28)/t7-,12-,18+,19+,20+/m0/s1. The number of Topliss-reactive ketones (excluding diaryl/α,β-unsaturated/α-hetero) is 2. The highest BCUT2D eigenvalue weighted by molar-refractivity contribution is 6.24. The largest absolute Gasteiger partial charge is 0.508 e. The Labute approximate surface area is 168 Å². The number of ether oxygens (including phenoxy) is 1. The number of nitrogens with two attached hydrogens (primary N) is 1. The number of carbonyl (C=O) groups is 3. The van der Waals surface area contributed by atoms with Crippen molar-refractivity contribution in [2.75, 3.05) is 0 Å². The van der Waals surface area contributed by atoms with Gasteiger partial charge in [-0.05, 0) is 19.4 Å². The second-order valence-electron chi connectivity index (χ2n) is 8.19. The molecule has 0 radical (unpaired) electrons. The van der Waals surface area contributed by atoms with Crippen LogP contribution in [0.1, 0.15) is 24.5 Å². The molecule has 1 aliphatic heterocycles. The van der Waals surface area contributed by atoms with Gasteiger partial charge in [-0.15, -0.1) is 0 Å². The van der Waals surface area contributed by atoms with E-state index in [4.69, 9.17) is 10.5 Å². The van der Waals surface area contributed by atoms with Gasteiger partial charge in [-0.25, -0.2) is 0 Å². The molecule has 10 heteroatoms. The number of carbonyl (C=O) groups excluding carboxylic acids is 3. The highest BCUT2D eigenvalue weighted by Crippen LogP contribution is 2.71. The van der Waals surface area contributed by atoms with Gasteiger partial charge in [0.05, 0.1) is 11.1 Å². The van der Waals surface area contributed by atoms with Crippen LogP contribution in [0.3, 0.4) is 0 Å². The number of hydrogen-bond acceptors (Lipinski definition) is 9. The number of ketones is 2. The summed E-state index contributed by atoms with van der Waals surface area (Å²) < 4.78 is 5.89. The SMILES string of the molecule is C[C@]12O[C@@]13C[C@H]1[C@H](O)C(=O)C(C(N)=O)=C(O)[C@@]1(O)C(=O)C3=C(O)c1c(O)cccc12. The molecule has 3 aliphatic carbocycles. The molecule has 5 atom stereocenters. The number of phenolic OH excluding ortho intramolecular Hbond substituents is 1. The predicted octanol–water partition coefficient (Wildman–Crippen LogP) is -0.780. The highest BCUT2D eigenvalue weighted by Gasteiger charge is 2.81. The molecule has 1 amide bonds. The molecular formula is C20H17NO9. The number of rotatable bonds is 1. The Balaban J connectivity index is 1.82. The van der Waals surface area contributed by atoms with Crippen LogP contribution < -0.4 is 5.73 Å². The Hall–Kier alpha value is -3.21.